The quantitative estimate of drug-likeness (QED) is 0.313. The monoisotopic (exact) mass is 370 g/mol. The molecule has 0 aromatic heterocycles. The van der Waals surface area contributed by atoms with Gasteiger partial charge in [0.15, 0.2) is 0 Å². The minimum absolute atomic E-state index is 0.158. The van der Waals surface area contributed by atoms with Crippen LogP contribution in [0, 0.1) is 0 Å². The number of benzene rings is 2. The Morgan fingerprint density at radius 3 is 1.67 bits per heavy atom. The third kappa shape index (κ3) is 7.94. The Morgan fingerprint density at radius 1 is 0.667 bits per heavy atom. The van der Waals surface area contributed by atoms with Gasteiger partial charge < -0.3 is 14.6 Å². The zero-order valence-electron chi connectivity index (χ0n) is 15.4. The molecule has 2 aromatic carbocycles. The average Bonchev–Trinajstić information content (AvgIpc) is 2.70. The van der Waals surface area contributed by atoms with Crippen LogP contribution in [0.1, 0.15) is 48.9 Å². The summed E-state index contributed by atoms with van der Waals surface area (Å²) in [6, 6.07) is 16.1. The van der Waals surface area contributed by atoms with Gasteiger partial charge in [0.1, 0.15) is 11.5 Å². The van der Waals surface area contributed by atoms with Crippen LogP contribution in [-0.2, 0) is 4.79 Å². The van der Waals surface area contributed by atoms with E-state index in [-0.39, 0.29) is 5.56 Å². The van der Waals surface area contributed by atoms with Crippen molar-refractivity contribution in [3.05, 3.63) is 60.2 Å². The van der Waals surface area contributed by atoms with Gasteiger partial charge in [0, 0.05) is 5.56 Å². The van der Waals surface area contributed by atoms with Crippen LogP contribution in [0.4, 0.5) is 0 Å². The molecule has 2 aromatic rings. The fraction of sp³-hybridized carbons (Fsp3) is 0.364. The zero-order valence-corrected chi connectivity index (χ0v) is 15.4. The summed E-state index contributed by atoms with van der Waals surface area (Å²) >= 11 is 0. The van der Waals surface area contributed by atoms with Crippen LogP contribution >= 0.6 is 0 Å². The Balaban J connectivity index is 1.46. The number of carboxylic acid groups (broad SMARTS) is 1. The predicted octanol–water partition coefficient (Wildman–Crippen LogP) is 4.75. The smallest absolute Gasteiger partial charge is 0.377 e. The first-order valence-corrected chi connectivity index (χ1v) is 9.35. The molecule has 0 saturated carbocycles. The summed E-state index contributed by atoms with van der Waals surface area (Å²) in [6.45, 7) is 1.37. The molecule has 5 heteroatoms. The third-order valence-corrected chi connectivity index (χ3v) is 4.13. The minimum atomic E-state index is -1.45. The molecule has 1 N–H and O–H groups in total. The fourth-order valence-corrected chi connectivity index (χ4v) is 2.63. The Bertz CT molecular complexity index is 694. The maximum Gasteiger partial charge on any atom is 0.377 e. The Hall–Kier alpha value is -2.82. The average molecular weight is 370 g/mol. The molecule has 27 heavy (non-hydrogen) atoms. The van der Waals surface area contributed by atoms with Gasteiger partial charge in [-0.1, -0.05) is 43.9 Å². The van der Waals surface area contributed by atoms with Crippen LogP contribution in [0.3, 0.4) is 0 Å². The SMILES string of the molecule is O=C(O)C(=O)c1ccc(OCCCCCCCCOc2ccccc2)cc1. The molecule has 0 aliphatic heterocycles. The second-order valence-electron chi connectivity index (χ2n) is 6.29. The summed E-state index contributed by atoms with van der Waals surface area (Å²) in [5, 5.41) is 8.66. The number of Topliss-reactive ketones (excluding diaryl/α,β-unsaturated/α-hetero) is 1. The number of hydrogen-bond donors (Lipinski definition) is 1. The molecule has 0 bridgehead atoms. The first-order chi connectivity index (χ1) is 13.2. The van der Waals surface area contributed by atoms with Crippen LogP contribution in [0.2, 0.25) is 0 Å². The maximum atomic E-state index is 11.3. The summed E-state index contributed by atoms with van der Waals surface area (Å²) in [5.74, 6) is -0.781. The standard InChI is InChI=1S/C22H26O5/c23-21(22(24)25)18-12-14-20(15-13-18)27-17-9-4-2-1-3-8-16-26-19-10-6-5-7-11-19/h5-7,10-15H,1-4,8-9,16-17H2,(H,24,25). The van der Waals surface area contributed by atoms with E-state index in [1.807, 2.05) is 30.3 Å². The molecule has 0 saturated heterocycles. The summed E-state index contributed by atoms with van der Waals surface area (Å²) in [7, 11) is 0. The molecular formula is C22H26O5. The van der Waals surface area contributed by atoms with Crippen molar-refractivity contribution in [1.29, 1.82) is 0 Å². The Morgan fingerprint density at radius 2 is 1.15 bits per heavy atom. The van der Waals surface area contributed by atoms with Crippen molar-refractivity contribution in [3.63, 3.8) is 0 Å². The lowest BCUT2D eigenvalue weighted by Crippen LogP contribution is -2.12. The molecule has 0 aliphatic rings. The third-order valence-electron chi connectivity index (χ3n) is 4.13. The zero-order chi connectivity index (χ0) is 19.3. The van der Waals surface area contributed by atoms with Crippen molar-refractivity contribution in [2.45, 2.75) is 38.5 Å². The predicted molar refractivity (Wildman–Crippen MR) is 104 cm³/mol. The highest BCUT2D eigenvalue weighted by molar-refractivity contribution is 6.39. The molecule has 0 heterocycles. The summed E-state index contributed by atoms with van der Waals surface area (Å²) in [4.78, 5) is 21.9. The van der Waals surface area contributed by atoms with Gasteiger partial charge in [-0.25, -0.2) is 4.79 Å². The van der Waals surface area contributed by atoms with Gasteiger partial charge in [0.25, 0.3) is 5.78 Å². The van der Waals surface area contributed by atoms with Gasteiger partial charge in [-0.2, -0.15) is 0 Å². The van der Waals surface area contributed by atoms with Gasteiger partial charge in [-0.05, 0) is 49.2 Å². The first kappa shape index (κ1) is 20.5. The van der Waals surface area contributed by atoms with Crippen LogP contribution in [-0.4, -0.2) is 30.1 Å². The van der Waals surface area contributed by atoms with Crippen molar-refractivity contribution < 1.29 is 24.2 Å². The van der Waals surface area contributed by atoms with Gasteiger partial charge in [-0.15, -0.1) is 0 Å². The number of unbranched alkanes of at least 4 members (excludes halogenated alkanes) is 5. The van der Waals surface area contributed by atoms with Crippen molar-refractivity contribution in [2.75, 3.05) is 13.2 Å². The van der Waals surface area contributed by atoms with Crippen molar-refractivity contribution in [2.24, 2.45) is 0 Å². The number of ketones is 1. The highest BCUT2D eigenvalue weighted by Crippen LogP contribution is 2.14. The second kappa shape index (κ2) is 11.7. The van der Waals surface area contributed by atoms with E-state index in [0.717, 1.165) is 38.0 Å². The van der Waals surface area contributed by atoms with Crippen LogP contribution in [0.15, 0.2) is 54.6 Å². The normalized spacial score (nSPS) is 10.4. The molecule has 2 rings (SSSR count). The number of para-hydroxylation sites is 1. The first-order valence-electron chi connectivity index (χ1n) is 9.35. The molecule has 0 atom stereocenters. The number of hydrogen-bond acceptors (Lipinski definition) is 4. The van der Waals surface area contributed by atoms with Crippen LogP contribution in [0.5, 0.6) is 11.5 Å². The van der Waals surface area contributed by atoms with Crippen molar-refractivity contribution >= 4 is 11.8 Å². The van der Waals surface area contributed by atoms with E-state index in [9.17, 15) is 9.59 Å². The Labute approximate surface area is 159 Å². The number of carboxylic acids is 1. The highest BCUT2D eigenvalue weighted by atomic mass is 16.5. The minimum Gasteiger partial charge on any atom is -0.494 e. The van der Waals surface area contributed by atoms with Crippen molar-refractivity contribution in [1.82, 2.24) is 0 Å². The molecule has 5 nitrogen and oxygen atoms in total. The fourth-order valence-electron chi connectivity index (χ4n) is 2.63. The van der Waals surface area contributed by atoms with Gasteiger partial charge in [0.05, 0.1) is 13.2 Å². The van der Waals surface area contributed by atoms with E-state index in [1.54, 1.807) is 12.1 Å². The molecule has 0 amide bonds. The van der Waals surface area contributed by atoms with E-state index in [4.69, 9.17) is 14.6 Å². The van der Waals surface area contributed by atoms with E-state index in [1.165, 1.54) is 25.0 Å². The van der Waals surface area contributed by atoms with E-state index >= 15 is 0 Å². The van der Waals surface area contributed by atoms with E-state index in [2.05, 4.69) is 0 Å². The van der Waals surface area contributed by atoms with Gasteiger partial charge in [0.2, 0.25) is 0 Å². The second-order valence-corrected chi connectivity index (χ2v) is 6.29. The number of ether oxygens (including phenoxy) is 2. The lowest BCUT2D eigenvalue weighted by Gasteiger charge is -2.07. The van der Waals surface area contributed by atoms with Crippen molar-refractivity contribution in [3.8, 4) is 11.5 Å². The topological polar surface area (TPSA) is 72.8 Å². The number of aliphatic carboxylic acids is 1. The summed E-state index contributed by atoms with van der Waals surface area (Å²) in [6.07, 6.45) is 6.65. The lowest BCUT2D eigenvalue weighted by atomic mass is 10.1. The lowest BCUT2D eigenvalue weighted by molar-refractivity contribution is -0.131. The highest BCUT2D eigenvalue weighted by Gasteiger charge is 2.13. The number of carbonyl (C=O) groups excluding carboxylic acids is 1. The van der Waals surface area contributed by atoms with E-state index < -0.39 is 11.8 Å². The van der Waals surface area contributed by atoms with Gasteiger partial charge in [-0.3, -0.25) is 4.79 Å². The molecule has 0 aliphatic carbocycles. The van der Waals surface area contributed by atoms with Gasteiger partial charge >= 0.3 is 5.97 Å². The maximum absolute atomic E-state index is 11.3. The number of carbonyl (C=O) groups is 2. The van der Waals surface area contributed by atoms with Crippen LogP contribution < -0.4 is 9.47 Å². The summed E-state index contributed by atoms with van der Waals surface area (Å²) in [5.41, 5.74) is 0.158. The largest absolute Gasteiger partial charge is 0.494 e. The number of rotatable bonds is 13. The van der Waals surface area contributed by atoms with Crippen LogP contribution in [0.25, 0.3) is 0 Å². The Kier molecular flexibility index (Phi) is 8.90. The molecule has 0 radical (unpaired) electrons. The molecule has 0 fully saturated rings. The molecular weight excluding hydrogens is 344 g/mol. The molecule has 0 unspecified atom stereocenters. The molecule has 144 valence electrons. The summed E-state index contributed by atoms with van der Waals surface area (Å²) < 4.78 is 11.3. The molecule has 0 spiro atoms. The van der Waals surface area contributed by atoms with E-state index in [0.29, 0.717) is 12.4 Å².